The summed E-state index contributed by atoms with van der Waals surface area (Å²) in [4.78, 5) is 1.23. The topological polar surface area (TPSA) is 39.1 Å². The molecule has 0 saturated carbocycles. The number of nitrogens with zero attached hydrogens (tertiary/aromatic N) is 1. The average Bonchev–Trinajstić information content (AvgIpc) is 2.84. The van der Waals surface area contributed by atoms with Gasteiger partial charge in [0.15, 0.2) is 0 Å². The summed E-state index contributed by atoms with van der Waals surface area (Å²) in [6.07, 6.45) is 1.95. The highest BCUT2D eigenvalue weighted by Crippen LogP contribution is 2.28. The van der Waals surface area contributed by atoms with E-state index in [2.05, 4.69) is 0 Å². The molecule has 0 unspecified atom stereocenters. The third kappa shape index (κ3) is 2.28. The fourth-order valence-corrected chi connectivity index (χ4v) is 4.40. The van der Waals surface area contributed by atoms with Crippen molar-refractivity contribution in [1.29, 1.82) is 0 Å². The second-order valence-corrected chi connectivity index (χ2v) is 7.18. The molecule has 2 aromatic carbocycles. The van der Waals surface area contributed by atoms with E-state index in [1.807, 2.05) is 18.4 Å². The molecule has 1 aromatic heterocycles. The summed E-state index contributed by atoms with van der Waals surface area (Å²) in [7, 11) is 2.28. The number of hydrogen-bond acceptors (Lipinski definition) is 3. The fourth-order valence-electron chi connectivity index (χ4n) is 2.34. The van der Waals surface area contributed by atoms with Gasteiger partial charge in [-0.2, -0.15) is 0 Å². The third-order valence-electron chi connectivity index (χ3n) is 3.29. The van der Waals surface area contributed by atoms with Gasteiger partial charge in [0.25, 0.3) is 10.0 Å². The predicted molar refractivity (Wildman–Crippen MR) is 88.1 cm³/mol. The average molecular weight is 313 g/mol. The quantitative estimate of drug-likeness (QED) is 0.550. The lowest BCUT2D eigenvalue weighted by molar-refractivity contribution is 0.590. The SMILES string of the molecule is [B]c1cc2c(SC)cccc2n1S(=O)(=O)c1ccccc1. The van der Waals surface area contributed by atoms with Crippen molar-refractivity contribution in [2.75, 3.05) is 6.26 Å². The molecule has 2 radical (unpaired) electrons. The number of fused-ring (bicyclic) bond motifs is 1. The van der Waals surface area contributed by atoms with Crippen LogP contribution >= 0.6 is 11.8 Å². The fraction of sp³-hybridized carbons (Fsp3) is 0.0667. The van der Waals surface area contributed by atoms with Crippen molar-refractivity contribution < 1.29 is 8.42 Å². The van der Waals surface area contributed by atoms with Gasteiger partial charge in [0.1, 0.15) is 7.85 Å². The molecule has 0 aliphatic carbocycles. The minimum atomic E-state index is -3.70. The molecular formula is C15H12BNO2S2. The number of hydrogen-bond donors (Lipinski definition) is 0. The van der Waals surface area contributed by atoms with Crippen molar-refractivity contribution >= 4 is 46.1 Å². The van der Waals surface area contributed by atoms with Crippen LogP contribution in [0.3, 0.4) is 0 Å². The van der Waals surface area contributed by atoms with Gasteiger partial charge in [-0.05, 0) is 42.2 Å². The van der Waals surface area contributed by atoms with Crippen molar-refractivity contribution in [2.45, 2.75) is 9.79 Å². The first-order chi connectivity index (χ1) is 10.1. The first-order valence-electron chi connectivity index (χ1n) is 6.30. The predicted octanol–water partition coefficient (Wildman–Crippen LogP) is 2.39. The van der Waals surface area contributed by atoms with Crippen molar-refractivity contribution in [1.82, 2.24) is 3.97 Å². The number of rotatable bonds is 3. The highest BCUT2D eigenvalue weighted by Gasteiger charge is 2.21. The normalized spacial score (nSPS) is 11.9. The molecule has 6 heteroatoms. The van der Waals surface area contributed by atoms with Gasteiger partial charge in [0.2, 0.25) is 0 Å². The summed E-state index contributed by atoms with van der Waals surface area (Å²) < 4.78 is 26.8. The second kappa shape index (κ2) is 5.28. The van der Waals surface area contributed by atoms with Gasteiger partial charge in [0, 0.05) is 10.3 Å². The third-order valence-corrected chi connectivity index (χ3v) is 5.84. The summed E-state index contributed by atoms with van der Waals surface area (Å²) in [6.45, 7) is 0. The van der Waals surface area contributed by atoms with Crippen molar-refractivity contribution in [3.8, 4) is 0 Å². The molecule has 0 bridgehead atoms. The highest BCUT2D eigenvalue weighted by molar-refractivity contribution is 7.98. The van der Waals surface area contributed by atoms with E-state index in [0.29, 0.717) is 5.52 Å². The van der Waals surface area contributed by atoms with Crippen LogP contribution < -0.4 is 5.59 Å². The molecule has 0 aliphatic heterocycles. The van der Waals surface area contributed by atoms with Crippen LogP contribution in [0.2, 0.25) is 0 Å². The molecule has 21 heavy (non-hydrogen) atoms. The zero-order chi connectivity index (χ0) is 15.0. The largest absolute Gasteiger partial charge is 0.267 e. The maximum absolute atomic E-state index is 12.8. The lowest BCUT2D eigenvalue weighted by Gasteiger charge is -2.10. The molecule has 3 aromatic rings. The van der Waals surface area contributed by atoms with E-state index in [1.54, 1.807) is 54.2 Å². The maximum Gasteiger partial charge on any atom is 0.267 e. The van der Waals surface area contributed by atoms with Crippen LogP contribution in [-0.2, 0) is 10.0 Å². The lowest BCUT2D eigenvalue weighted by atomic mass is 10.1. The van der Waals surface area contributed by atoms with E-state index in [9.17, 15) is 8.42 Å². The Kier molecular flexibility index (Phi) is 3.59. The Balaban J connectivity index is 2.34. The molecule has 3 nitrogen and oxygen atoms in total. The van der Waals surface area contributed by atoms with Gasteiger partial charge in [0.05, 0.1) is 10.4 Å². The van der Waals surface area contributed by atoms with E-state index in [-0.39, 0.29) is 10.5 Å². The summed E-state index contributed by atoms with van der Waals surface area (Å²) in [5, 5.41) is 0.849. The smallest absolute Gasteiger partial charge is 0.249 e. The summed E-state index contributed by atoms with van der Waals surface area (Å²) >= 11 is 1.56. The van der Waals surface area contributed by atoms with Gasteiger partial charge < -0.3 is 0 Å². The molecule has 0 spiro atoms. The van der Waals surface area contributed by atoms with E-state index < -0.39 is 10.0 Å². The van der Waals surface area contributed by atoms with Crippen LogP contribution in [0, 0.1) is 0 Å². The lowest BCUT2D eigenvalue weighted by Crippen LogP contribution is -2.24. The zero-order valence-corrected chi connectivity index (χ0v) is 13.0. The Morgan fingerprint density at radius 1 is 1.05 bits per heavy atom. The monoisotopic (exact) mass is 313 g/mol. The van der Waals surface area contributed by atoms with Crippen molar-refractivity contribution in [2.24, 2.45) is 0 Å². The molecular weight excluding hydrogens is 301 g/mol. The van der Waals surface area contributed by atoms with Gasteiger partial charge in [-0.3, -0.25) is 0 Å². The first kappa shape index (κ1) is 14.3. The standard InChI is InChI=1S/C15H12BNO2S2/c1-20-14-9-5-8-13-12(14)10-15(16)17(13)21(18,19)11-6-3-2-4-7-11/h2-10H,1H3. The number of aromatic nitrogens is 1. The second-order valence-electron chi connectivity index (χ2n) is 4.54. The minimum Gasteiger partial charge on any atom is -0.249 e. The molecule has 1 heterocycles. The Labute approximate surface area is 129 Å². The van der Waals surface area contributed by atoms with E-state index in [1.165, 1.54) is 3.97 Å². The molecule has 0 saturated heterocycles. The Morgan fingerprint density at radius 2 is 1.76 bits per heavy atom. The van der Waals surface area contributed by atoms with E-state index in [0.717, 1.165) is 10.3 Å². The van der Waals surface area contributed by atoms with Gasteiger partial charge in [-0.1, -0.05) is 24.3 Å². The molecule has 0 fully saturated rings. The highest BCUT2D eigenvalue weighted by atomic mass is 32.2. The van der Waals surface area contributed by atoms with Gasteiger partial charge >= 0.3 is 0 Å². The molecule has 0 aliphatic rings. The zero-order valence-electron chi connectivity index (χ0n) is 11.4. The number of thioether (sulfide) groups is 1. The van der Waals surface area contributed by atoms with E-state index in [4.69, 9.17) is 7.85 Å². The molecule has 3 rings (SSSR count). The van der Waals surface area contributed by atoms with Crippen LogP contribution in [0.1, 0.15) is 0 Å². The molecule has 0 N–H and O–H groups in total. The first-order valence-corrected chi connectivity index (χ1v) is 8.97. The van der Waals surface area contributed by atoms with Crippen molar-refractivity contribution in [3.05, 3.63) is 54.6 Å². The minimum absolute atomic E-state index is 0.218. The molecule has 0 amide bonds. The maximum atomic E-state index is 12.8. The Bertz CT molecular complexity index is 902. The van der Waals surface area contributed by atoms with Crippen LogP contribution in [0.25, 0.3) is 10.9 Å². The number of benzene rings is 2. The van der Waals surface area contributed by atoms with Gasteiger partial charge in [-0.25, -0.2) is 12.4 Å². The van der Waals surface area contributed by atoms with Crippen LogP contribution in [0.4, 0.5) is 0 Å². The van der Waals surface area contributed by atoms with Crippen LogP contribution in [0.15, 0.2) is 64.4 Å². The summed E-state index contributed by atoms with van der Waals surface area (Å²) in [5.41, 5.74) is 0.818. The van der Waals surface area contributed by atoms with E-state index >= 15 is 0 Å². The van der Waals surface area contributed by atoms with Crippen LogP contribution in [0.5, 0.6) is 0 Å². The summed E-state index contributed by atoms with van der Waals surface area (Å²) in [5.74, 6) is 0. The Morgan fingerprint density at radius 3 is 2.43 bits per heavy atom. The summed E-state index contributed by atoms with van der Waals surface area (Å²) in [6, 6.07) is 15.6. The van der Waals surface area contributed by atoms with Gasteiger partial charge in [-0.15, -0.1) is 11.8 Å². The van der Waals surface area contributed by atoms with Crippen molar-refractivity contribution in [3.63, 3.8) is 0 Å². The van der Waals surface area contributed by atoms with Crippen LogP contribution in [-0.4, -0.2) is 26.5 Å². The molecule has 104 valence electrons. The molecule has 0 atom stereocenters. The Hall–Kier alpha value is -1.66.